The first-order valence-electron chi connectivity index (χ1n) is 10.5. The molecule has 0 unspecified atom stereocenters. The van der Waals surface area contributed by atoms with E-state index in [-0.39, 0.29) is 22.5 Å². The maximum Gasteiger partial charge on any atom is 0.251 e. The number of rotatable bonds is 9. The van der Waals surface area contributed by atoms with Gasteiger partial charge in [0, 0.05) is 12.1 Å². The summed E-state index contributed by atoms with van der Waals surface area (Å²) < 4.78 is 26.0. The summed E-state index contributed by atoms with van der Waals surface area (Å²) >= 11 is 12.3. The predicted octanol–water partition coefficient (Wildman–Crippen LogP) is 5.63. The molecule has 0 saturated carbocycles. The van der Waals surface area contributed by atoms with Gasteiger partial charge in [-0.15, -0.1) is 0 Å². The molecule has 0 radical (unpaired) electrons. The largest absolute Gasteiger partial charge is 0.352 e. The fourth-order valence-corrected chi connectivity index (χ4v) is 4.69. The van der Waals surface area contributed by atoms with Gasteiger partial charge >= 0.3 is 0 Å². The smallest absolute Gasteiger partial charge is 0.251 e. The summed E-state index contributed by atoms with van der Waals surface area (Å²) in [5.74, 6) is -0.164. The van der Waals surface area contributed by atoms with Crippen LogP contribution in [0.15, 0.2) is 66.7 Å². The van der Waals surface area contributed by atoms with Crippen LogP contribution < -0.4 is 9.62 Å². The highest BCUT2D eigenvalue weighted by molar-refractivity contribution is 7.92. The number of carbonyl (C=O) groups is 1. The minimum absolute atomic E-state index is 0.0668. The summed E-state index contributed by atoms with van der Waals surface area (Å²) in [6.45, 7) is 2.70. The molecule has 0 heterocycles. The molecule has 0 spiro atoms. The molecular formula is C25H26Cl2N2O3S. The van der Waals surface area contributed by atoms with Crippen LogP contribution in [0.4, 0.5) is 5.69 Å². The third kappa shape index (κ3) is 6.97. The molecule has 3 aromatic rings. The Hall–Kier alpha value is -2.54. The first-order valence-corrected chi connectivity index (χ1v) is 13.1. The van der Waals surface area contributed by atoms with Gasteiger partial charge in [0.1, 0.15) is 0 Å². The molecule has 0 aliphatic carbocycles. The summed E-state index contributed by atoms with van der Waals surface area (Å²) in [5, 5.41) is 3.37. The topological polar surface area (TPSA) is 66.5 Å². The molecule has 5 nitrogen and oxygen atoms in total. The van der Waals surface area contributed by atoms with Crippen LogP contribution >= 0.6 is 23.2 Å². The van der Waals surface area contributed by atoms with Crippen molar-refractivity contribution >= 4 is 44.8 Å². The first-order chi connectivity index (χ1) is 15.6. The van der Waals surface area contributed by atoms with Crippen LogP contribution in [-0.2, 0) is 23.0 Å². The van der Waals surface area contributed by atoms with Crippen molar-refractivity contribution in [1.82, 2.24) is 5.32 Å². The summed E-state index contributed by atoms with van der Waals surface area (Å²) in [7, 11) is -3.61. The lowest BCUT2D eigenvalue weighted by molar-refractivity contribution is 0.0953. The van der Waals surface area contributed by atoms with E-state index in [1.165, 1.54) is 15.4 Å². The Kier molecular flexibility index (Phi) is 8.40. The molecule has 8 heteroatoms. The number of amides is 1. The zero-order valence-corrected chi connectivity index (χ0v) is 20.8. The second kappa shape index (κ2) is 11.1. The van der Waals surface area contributed by atoms with E-state index < -0.39 is 10.0 Å². The van der Waals surface area contributed by atoms with Gasteiger partial charge in [-0.3, -0.25) is 9.10 Å². The van der Waals surface area contributed by atoms with Gasteiger partial charge in [-0.05, 0) is 55.2 Å². The molecule has 0 saturated heterocycles. The molecule has 0 atom stereocenters. The molecule has 3 aromatic carbocycles. The zero-order valence-electron chi connectivity index (χ0n) is 18.5. The zero-order chi connectivity index (χ0) is 24.0. The monoisotopic (exact) mass is 504 g/mol. The van der Waals surface area contributed by atoms with E-state index >= 15 is 0 Å². The predicted molar refractivity (Wildman–Crippen MR) is 136 cm³/mol. The van der Waals surface area contributed by atoms with Crippen LogP contribution in [-0.4, -0.2) is 27.1 Å². The molecular weight excluding hydrogens is 479 g/mol. The Bertz CT molecular complexity index is 1210. The lowest BCUT2D eigenvalue weighted by Gasteiger charge is -2.24. The van der Waals surface area contributed by atoms with E-state index in [2.05, 4.69) is 36.5 Å². The van der Waals surface area contributed by atoms with Gasteiger partial charge in [0.05, 0.1) is 28.5 Å². The Balaban J connectivity index is 1.60. The number of nitrogens with zero attached hydrogens (tertiary/aromatic N) is 1. The van der Waals surface area contributed by atoms with Gasteiger partial charge in [0.2, 0.25) is 10.0 Å². The molecule has 0 aromatic heterocycles. The number of anilines is 1. The number of nitrogens with one attached hydrogen (secondary N) is 1. The van der Waals surface area contributed by atoms with Crippen LogP contribution in [0.5, 0.6) is 0 Å². The number of halogens is 2. The number of aryl methyl sites for hydroxylation is 2. The van der Waals surface area contributed by atoms with Crippen LogP contribution in [0.25, 0.3) is 0 Å². The minimum atomic E-state index is -3.61. The van der Waals surface area contributed by atoms with Crippen LogP contribution in [0.2, 0.25) is 10.0 Å². The standard InChI is InChI=1S/C25H26Cl2N2O3S/c1-18-8-10-19(11-9-18)5-4-16-28-25(30)21-14-12-20(13-15-21)17-29(33(2,31)32)23-7-3-6-22(26)24(23)27/h3,6-15H,4-5,16-17H2,1-2H3,(H,28,30). The summed E-state index contributed by atoms with van der Waals surface area (Å²) in [6.07, 6.45) is 2.85. The SMILES string of the molecule is Cc1ccc(CCCNC(=O)c2ccc(CN(c3cccc(Cl)c3Cl)S(C)(=O)=O)cc2)cc1. The summed E-state index contributed by atoms with van der Waals surface area (Å²) in [4.78, 5) is 12.4. The Morgan fingerprint density at radius 3 is 2.21 bits per heavy atom. The number of carbonyl (C=O) groups excluding carboxylic acids is 1. The van der Waals surface area contributed by atoms with Gasteiger partial charge in [0.25, 0.3) is 5.91 Å². The molecule has 174 valence electrons. The second-order valence-corrected chi connectivity index (χ2v) is 10.6. The highest BCUT2D eigenvalue weighted by Crippen LogP contribution is 2.34. The molecule has 0 fully saturated rings. The van der Waals surface area contributed by atoms with Gasteiger partial charge in [-0.2, -0.15) is 0 Å². The summed E-state index contributed by atoms with van der Waals surface area (Å²) in [6, 6.07) is 20.1. The van der Waals surface area contributed by atoms with Crippen molar-refractivity contribution in [3.05, 3.63) is 99.0 Å². The highest BCUT2D eigenvalue weighted by Gasteiger charge is 2.21. The van der Waals surface area contributed by atoms with Crippen LogP contribution in [0.3, 0.4) is 0 Å². The molecule has 1 amide bonds. The fraction of sp³-hybridized carbons (Fsp3) is 0.240. The molecule has 0 aliphatic heterocycles. The van der Waals surface area contributed by atoms with Gasteiger partial charge in [-0.1, -0.05) is 71.2 Å². The molecule has 0 bridgehead atoms. The molecule has 33 heavy (non-hydrogen) atoms. The van der Waals surface area contributed by atoms with Crippen molar-refractivity contribution in [3.63, 3.8) is 0 Å². The van der Waals surface area contributed by atoms with Gasteiger partial charge < -0.3 is 5.32 Å². The Morgan fingerprint density at radius 2 is 1.58 bits per heavy atom. The Morgan fingerprint density at radius 1 is 0.939 bits per heavy atom. The molecule has 0 aliphatic rings. The van der Waals surface area contributed by atoms with Crippen LogP contribution in [0.1, 0.15) is 33.5 Å². The van der Waals surface area contributed by atoms with E-state index in [4.69, 9.17) is 23.2 Å². The van der Waals surface area contributed by atoms with Crippen LogP contribution in [0, 0.1) is 6.92 Å². The number of hydrogen-bond acceptors (Lipinski definition) is 3. The van der Waals surface area contributed by atoms with E-state index in [1.807, 2.05) is 0 Å². The van der Waals surface area contributed by atoms with Crippen molar-refractivity contribution < 1.29 is 13.2 Å². The highest BCUT2D eigenvalue weighted by atomic mass is 35.5. The van der Waals surface area contributed by atoms with Gasteiger partial charge in [-0.25, -0.2) is 8.42 Å². The first kappa shape index (κ1) is 25.1. The average Bonchev–Trinajstić information content (AvgIpc) is 2.78. The van der Waals surface area contributed by atoms with Crippen molar-refractivity contribution in [2.45, 2.75) is 26.3 Å². The quantitative estimate of drug-likeness (QED) is 0.384. The third-order valence-corrected chi connectivity index (χ3v) is 7.13. The third-order valence-electron chi connectivity index (χ3n) is 5.19. The number of benzene rings is 3. The van der Waals surface area contributed by atoms with E-state index in [1.54, 1.807) is 42.5 Å². The Labute approximate surface area is 205 Å². The minimum Gasteiger partial charge on any atom is -0.352 e. The van der Waals surface area contributed by atoms with Crippen molar-refractivity contribution in [2.24, 2.45) is 0 Å². The van der Waals surface area contributed by atoms with Crippen molar-refractivity contribution in [3.8, 4) is 0 Å². The molecule has 3 rings (SSSR count). The van der Waals surface area contributed by atoms with Crippen molar-refractivity contribution in [2.75, 3.05) is 17.1 Å². The van der Waals surface area contributed by atoms with E-state index in [0.717, 1.165) is 19.1 Å². The van der Waals surface area contributed by atoms with E-state index in [9.17, 15) is 13.2 Å². The summed E-state index contributed by atoms with van der Waals surface area (Å²) in [5.41, 5.74) is 4.01. The number of hydrogen-bond donors (Lipinski definition) is 1. The normalized spacial score (nSPS) is 11.3. The fourth-order valence-electron chi connectivity index (χ4n) is 3.34. The van der Waals surface area contributed by atoms with E-state index in [0.29, 0.717) is 23.4 Å². The van der Waals surface area contributed by atoms with Gasteiger partial charge in [0.15, 0.2) is 0 Å². The second-order valence-electron chi connectivity index (χ2n) is 7.88. The average molecular weight is 505 g/mol. The maximum absolute atomic E-state index is 12.4. The molecule has 1 N–H and O–H groups in total. The lowest BCUT2D eigenvalue weighted by Crippen LogP contribution is -2.29. The number of sulfonamides is 1. The maximum atomic E-state index is 12.4. The van der Waals surface area contributed by atoms with Crippen molar-refractivity contribution in [1.29, 1.82) is 0 Å². The lowest BCUT2D eigenvalue weighted by atomic mass is 10.1.